The highest BCUT2D eigenvalue weighted by molar-refractivity contribution is 5.21. The minimum absolute atomic E-state index is 0.170. The molecule has 18 heavy (non-hydrogen) atoms. The summed E-state index contributed by atoms with van der Waals surface area (Å²) >= 11 is 0. The van der Waals surface area contributed by atoms with Crippen molar-refractivity contribution in [2.45, 2.75) is 32.7 Å². The van der Waals surface area contributed by atoms with Crippen LogP contribution < -0.4 is 15.8 Å². The van der Waals surface area contributed by atoms with E-state index in [1.807, 2.05) is 18.3 Å². The Hall–Kier alpha value is -1.13. The van der Waals surface area contributed by atoms with Crippen molar-refractivity contribution in [2.24, 2.45) is 11.7 Å². The maximum Gasteiger partial charge on any atom is 0.212 e. The molecule has 0 aromatic carbocycles. The molecule has 0 saturated carbocycles. The van der Waals surface area contributed by atoms with E-state index in [1.165, 1.54) is 12.8 Å². The van der Waals surface area contributed by atoms with Crippen LogP contribution in [0.25, 0.3) is 0 Å². The van der Waals surface area contributed by atoms with Gasteiger partial charge in [0.2, 0.25) is 5.88 Å². The third-order valence-corrected chi connectivity index (χ3v) is 3.41. The average Bonchev–Trinajstić information content (AvgIpc) is 2.44. The monoisotopic (exact) mass is 251 g/mol. The summed E-state index contributed by atoms with van der Waals surface area (Å²) < 4.78 is 5.05. The van der Waals surface area contributed by atoms with Gasteiger partial charge in [-0.3, -0.25) is 0 Å². The Kier molecular flexibility index (Phi) is 6.68. The smallest absolute Gasteiger partial charge is 0.212 e. The lowest BCUT2D eigenvalue weighted by Crippen LogP contribution is -2.32. The molecule has 0 aliphatic rings. The Morgan fingerprint density at radius 3 is 2.50 bits per heavy atom. The van der Waals surface area contributed by atoms with Crippen molar-refractivity contribution in [2.75, 3.05) is 20.2 Å². The second-order valence-electron chi connectivity index (χ2n) is 4.51. The first kappa shape index (κ1) is 14.9. The summed E-state index contributed by atoms with van der Waals surface area (Å²) in [6.45, 7) is 6.03. The first-order valence-corrected chi connectivity index (χ1v) is 6.68. The Morgan fingerprint density at radius 1 is 1.33 bits per heavy atom. The Morgan fingerprint density at radius 2 is 2.06 bits per heavy atom. The van der Waals surface area contributed by atoms with Crippen molar-refractivity contribution < 1.29 is 4.74 Å². The molecule has 0 aliphatic carbocycles. The number of hydrogen-bond donors (Lipinski definition) is 2. The molecule has 1 aromatic heterocycles. The van der Waals surface area contributed by atoms with Gasteiger partial charge < -0.3 is 15.8 Å². The van der Waals surface area contributed by atoms with E-state index in [0.717, 1.165) is 12.1 Å². The van der Waals surface area contributed by atoms with E-state index in [4.69, 9.17) is 10.5 Å². The molecular formula is C14H25N3O. The third kappa shape index (κ3) is 4.27. The molecule has 1 heterocycles. The number of methoxy groups -OCH3 is 1. The molecule has 0 fully saturated rings. The van der Waals surface area contributed by atoms with Gasteiger partial charge in [-0.1, -0.05) is 32.8 Å². The van der Waals surface area contributed by atoms with Gasteiger partial charge in [-0.25, -0.2) is 4.98 Å². The predicted molar refractivity (Wildman–Crippen MR) is 74.7 cm³/mol. The lowest BCUT2D eigenvalue weighted by Gasteiger charge is -2.20. The van der Waals surface area contributed by atoms with Crippen LogP contribution in [0.5, 0.6) is 5.88 Å². The molecule has 1 atom stereocenters. The Bertz CT molecular complexity index is 322. The van der Waals surface area contributed by atoms with Crippen LogP contribution >= 0.6 is 0 Å². The minimum atomic E-state index is 0.170. The third-order valence-electron chi connectivity index (χ3n) is 3.41. The van der Waals surface area contributed by atoms with Crippen LogP contribution in [0.1, 0.15) is 38.3 Å². The summed E-state index contributed by atoms with van der Waals surface area (Å²) in [7, 11) is 1.62. The molecule has 4 heteroatoms. The molecule has 1 rings (SSSR count). The second kappa shape index (κ2) is 8.06. The molecule has 0 radical (unpaired) electrons. The van der Waals surface area contributed by atoms with Crippen LogP contribution in [0, 0.1) is 5.92 Å². The van der Waals surface area contributed by atoms with Crippen molar-refractivity contribution in [1.82, 2.24) is 10.3 Å². The van der Waals surface area contributed by atoms with E-state index in [1.54, 1.807) is 7.11 Å². The molecular weight excluding hydrogens is 226 g/mol. The zero-order chi connectivity index (χ0) is 13.4. The molecule has 1 unspecified atom stereocenters. The predicted octanol–water partition coefficient (Wildman–Crippen LogP) is 2.12. The second-order valence-corrected chi connectivity index (χ2v) is 4.51. The van der Waals surface area contributed by atoms with Crippen molar-refractivity contribution in [3.8, 4) is 5.88 Å². The van der Waals surface area contributed by atoms with Gasteiger partial charge in [-0.05, 0) is 18.0 Å². The Labute approximate surface area is 110 Å². The van der Waals surface area contributed by atoms with Crippen LogP contribution in [-0.4, -0.2) is 25.2 Å². The lowest BCUT2D eigenvalue weighted by molar-refractivity contribution is 0.395. The summed E-state index contributed by atoms with van der Waals surface area (Å²) in [6, 6.07) is 4.06. The first-order chi connectivity index (χ1) is 8.74. The quantitative estimate of drug-likeness (QED) is 0.743. The van der Waals surface area contributed by atoms with Gasteiger partial charge in [0.05, 0.1) is 7.11 Å². The van der Waals surface area contributed by atoms with E-state index < -0.39 is 0 Å². The van der Waals surface area contributed by atoms with Crippen molar-refractivity contribution in [1.29, 1.82) is 0 Å². The number of ether oxygens (including phenoxy) is 1. The number of nitrogens with zero attached hydrogens (tertiary/aromatic N) is 1. The number of hydrogen-bond acceptors (Lipinski definition) is 4. The minimum Gasteiger partial charge on any atom is -0.481 e. The summed E-state index contributed by atoms with van der Waals surface area (Å²) in [4.78, 5) is 4.22. The van der Waals surface area contributed by atoms with Gasteiger partial charge in [0, 0.05) is 24.8 Å². The van der Waals surface area contributed by atoms with Crippen LogP contribution in [0.3, 0.4) is 0 Å². The molecule has 0 spiro atoms. The average molecular weight is 251 g/mol. The standard InChI is InChI=1S/C14H25N3O/c1-4-11(5-2)9-16-13(8-15)12-6-7-14(18-3)17-10-12/h6-7,10-11,13,16H,4-5,8-9,15H2,1-3H3. The molecule has 0 aliphatic heterocycles. The van der Waals surface area contributed by atoms with E-state index in [9.17, 15) is 0 Å². The molecule has 0 amide bonds. The Balaban J connectivity index is 2.58. The van der Waals surface area contributed by atoms with Crippen molar-refractivity contribution in [3.63, 3.8) is 0 Å². The fourth-order valence-corrected chi connectivity index (χ4v) is 1.94. The van der Waals surface area contributed by atoms with Gasteiger partial charge in [0.1, 0.15) is 0 Å². The van der Waals surface area contributed by atoms with Crippen molar-refractivity contribution >= 4 is 0 Å². The fourth-order valence-electron chi connectivity index (χ4n) is 1.94. The topological polar surface area (TPSA) is 60.2 Å². The van der Waals surface area contributed by atoms with Crippen LogP contribution in [-0.2, 0) is 0 Å². The summed E-state index contributed by atoms with van der Waals surface area (Å²) in [5, 5.41) is 3.52. The normalized spacial score (nSPS) is 12.7. The first-order valence-electron chi connectivity index (χ1n) is 6.68. The zero-order valence-electron chi connectivity index (χ0n) is 11.6. The van der Waals surface area contributed by atoms with Gasteiger partial charge in [-0.2, -0.15) is 0 Å². The summed E-state index contributed by atoms with van der Waals surface area (Å²) in [5.41, 5.74) is 6.94. The maximum absolute atomic E-state index is 5.82. The molecule has 0 bridgehead atoms. The highest BCUT2D eigenvalue weighted by Gasteiger charge is 2.12. The SMILES string of the molecule is CCC(CC)CNC(CN)c1ccc(OC)nc1. The van der Waals surface area contributed by atoms with Gasteiger partial charge in [-0.15, -0.1) is 0 Å². The zero-order valence-corrected chi connectivity index (χ0v) is 11.6. The highest BCUT2D eigenvalue weighted by Crippen LogP contribution is 2.15. The van der Waals surface area contributed by atoms with Gasteiger partial charge in [0.15, 0.2) is 0 Å². The van der Waals surface area contributed by atoms with E-state index in [0.29, 0.717) is 18.3 Å². The number of pyridine rings is 1. The van der Waals surface area contributed by atoms with E-state index in [-0.39, 0.29) is 6.04 Å². The highest BCUT2D eigenvalue weighted by atomic mass is 16.5. The lowest BCUT2D eigenvalue weighted by atomic mass is 10.0. The number of nitrogens with one attached hydrogen (secondary N) is 1. The van der Waals surface area contributed by atoms with Gasteiger partial charge in [0.25, 0.3) is 0 Å². The maximum atomic E-state index is 5.82. The molecule has 3 N–H and O–H groups in total. The summed E-state index contributed by atoms with van der Waals surface area (Å²) in [5.74, 6) is 1.35. The molecule has 0 saturated heterocycles. The number of nitrogens with two attached hydrogens (primary N) is 1. The number of rotatable bonds is 8. The fraction of sp³-hybridized carbons (Fsp3) is 0.643. The van der Waals surface area contributed by atoms with Gasteiger partial charge >= 0.3 is 0 Å². The van der Waals surface area contributed by atoms with Crippen LogP contribution in [0.15, 0.2) is 18.3 Å². The van der Waals surface area contributed by atoms with Crippen LogP contribution in [0.4, 0.5) is 0 Å². The molecule has 4 nitrogen and oxygen atoms in total. The molecule has 102 valence electrons. The van der Waals surface area contributed by atoms with Crippen molar-refractivity contribution in [3.05, 3.63) is 23.9 Å². The number of aromatic nitrogens is 1. The van der Waals surface area contributed by atoms with Crippen LogP contribution in [0.2, 0.25) is 0 Å². The molecule has 1 aromatic rings. The largest absolute Gasteiger partial charge is 0.481 e. The van der Waals surface area contributed by atoms with E-state index >= 15 is 0 Å². The van der Waals surface area contributed by atoms with E-state index in [2.05, 4.69) is 24.1 Å². The summed E-state index contributed by atoms with van der Waals surface area (Å²) in [6.07, 6.45) is 4.22.